The molecule has 4 nitrogen and oxygen atoms in total. The van der Waals surface area contributed by atoms with Crippen LogP contribution in [0.3, 0.4) is 0 Å². The van der Waals surface area contributed by atoms with Gasteiger partial charge in [0.05, 0.1) is 0 Å². The first-order valence-corrected chi connectivity index (χ1v) is 4.11. The minimum absolute atomic E-state index is 0.536. The quantitative estimate of drug-likeness (QED) is 0.721. The fraction of sp³-hybridized carbons (Fsp3) is 0.444. The van der Waals surface area contributed by atoms with Crippen molar-refractivity contribution in [2.24, 2.45) is 0 Å². The van der Waals surface area contributed by atoms with Crippen molar-refractivity contribution in [1.82, 2.24) is 0 Å². The first-order valence-electron chi connectivity index (χ1n) is 4.11. The molecule has 0 unspecified atom stereocenters. The fourth-order valence-electron chi connectivity index (χ4n) is 1.23. The topological polar surface area (TPSA) is 36.9 Å². The van der Waals surface area contributed by atoms with E-state index < -0.39 is 0 Å². The van der Waals surface area contributed by atoms with E-state index in [1.807, 2.05) is 0 Å². The van der Waals surface area contributed by atoms with Crippen LogP contribution in [0, 0.1) is 0 Å². The second-order valence-electron chi connectivity index (χ2n) is 2.54. The third-order valence-corrected chi connectivity index (χ3v) is 1.89. The van der Waals surface area contributed by atoms with Gasteiger partial charge in [-0.05, 0) is 0 Å². The zero-order valence-corrected chi connectivity index (χ0v) is 8.79. The van der Waals surface area contributed by atoms with Crippen molar-refractivity contribution in [1.29, 1.82) is 0 Å². The van der Waals surface area contributed by atoms with Gasteiger partial charge in [-0.25, -0.2) is 0 Å². The van der Waals surface area contributed by atoms with Crippen molar-refractivity contribution in [3.63, 3.8) is 0 Å². The summed E-state index contributed by atoms with van der Waals surface area (Å²) in [5.41, 5.74) is 0.616. The Bertz CT molecular complexity index is 283. The summed E-state index contributed by atoms with van der Waals surface area (Å²) in [6.45, 7) is 1.76. The first-order chi connectivity index (χ1) is 6.78. The van der Waals surface area contributed by atoms with Crippen molar-refractivity contribution in [2.75, 3.05) is 28.4 Å². The maximum absolute atomic E-state index is 5.17. The molecule has 0 fully saturated rings. The van der Waals surface area contributed by atoms with Crippen molar-refractivity contribution in [3.8, 4) is 22.9 Å². The van der Waals surface area contributed by atoms with Crippen LogP contribution in [-0.2, 0) is 0 Å². The minimum atomic E-state index is 0.536. The van der Waals surface area contributed by atoms with Crippen LogP contribution in [0.25, 0.3) is 0 Å². The number of hydrogen-bond acceptors (Lipinski definition) is 4. The zero-order valence-electron chi connectivity index (χ0n) is 8.79. The van der Waals surface area contributed by atoms with Crippen molar-refractivity contribution in [2.45, 2.75) is 0 Å². The summed E-state index contributed by atoms with van der Waals surface area (Å²) in [5, 5.41) is 0. The molecular formula is C9H13BO4. The molecule has 1 aromatic rings. The van der Waals surface area contributed by atoms with Crippen molar-refractivity contribution < 1.29 is 18.9 Å². The predicted octanol–water partition coefficient (Wildman–Crippen LogP) is 1.06. The van der Waals surface area contributed by atoms with E-state index in [4.69, 9.17) is 18.9 Å². The Balaban J connectivity index is 3.28. The summed E-state index contributed by atoms with van der Waals surface area (Å²) >= 11 is 0. The van der Waals surface area contributed by atoms with Gasteiger partial charge in [0, 0.05) is 0 Å². The summed E-state index contributed by atoms with van der Waals surface area (Å²) in [6, 6.07) is 0. The molecular weight excluding hydrogens is 183 g/mol. The van der Waals surface area contributed by atoms with Gasteiger partial charge in [-0.15, -0.1) is 0 Å². The molecule has 0 radical (unpaired) electrons. The molecule has 14 heavy (non-hydrogen) atoms. The first kappa shape index (κ1) is 10.7. The Labute approximate surface area is 83.9 Å². The number of hydrogen-bond donors (Lipinski definition) is 0. The molecule has 0 saturated carbocycles. The van der Waals surface area contributed by atoms with Gasteiger partial charge >= 0.3 is 83.2 Å². The summed E-state index contributed by atoms with van der Waals surface area (Å²) < 4.78 is 20.6. The standard InChI is InChI=1S/C9H13BO4/c1-11-6-5-10-9(14-4)8(13-3)7(6)12-2/h5H,1-4H3. The van der Waals surface area contributed by atoms with Crippen LogP contribution in [0.1, 0.15) is 0 Å². The Kier molecular flexibility index (Phi) is 3.62. The van der Waals surface area contributed by atoms with Crippen LogP contribution in [0.2, 0.25) is 0 Å². The molecule has 0 spiro atoms. The molecule has 1 aromatic heterocycles. The van der Waals surface area contributed by atoms with Crippen LogP contribution >= 0.6 is 0 Å². The maximum atomic E-state index is 5.17. The number of rotatable bonds is 4. The molecule has 1 rings (SSSR count). The normalized spacial score (nSPS) is 9.14. The number of ether oxygens (including phenoxy) is 4. The molecule has 0 saturated heterocycles. The molecule has 0 bridgehead atoms. The van der Waals surface area contributed by atoms with Gasteiger partial charge in [0.25, 0.3) is 0 Å². The van der Waals surface area contributed by atoms with E-state index in [1.54, 1.807) is 41.3 Å². The third-order valence-electron chi connectivity index (χ3n) is 1.89. The monoisotopic (exact) mass is 196 g/mol. The average Bonchev–Trinajstić information content (AvgIpc) is 2.26. The molecule has 5 heteroatoms. The molecule has 0 amide bonds. The molecule has 0 aromatic carbocycles. The summed E-state index contributed by atoms with van der Waals surface area (Å²) in [4.78, 5) is 0. The van der Waals surface area contributed by atoms with E-state index in [-0.39, 0.29) is 0 Å². The molecule has 0 aliphatic heterocycles. The van der Waals surface area contributed by atoms with E-state index in [0.717, 1.165) is 0 Å². The van der Waals surface area contributed by atoms with E-state index in [0.29, 0.717) is 22.9 Å². The van der Waals surface area contributed by atoms with Gasteiger partial charge in [-0.2, -0.15) is 0 Å². The summed E-state index contributed by atoms with van der Waals surface area (Å²) in [7, 11) is 6.26. The van der Waals surface area contributed by atoms with Crippen LogP contribution < -0.4 is 18.9 Å². The predicted molar refractivity (Wildman–Crippen MR) is 54.0 cm³/mol. The van der Waals surface area contributed by atoms with Crippen molar-refractivity contribution in [3.05, 3.63) is 5.96 Å². The van der Waals surface area contributed by atoms with Crippen LogP contribution in [0.15, 0.2) is 5.96 Å². The average molecular weight is 196 g/mol. The van der Waals surface area contributed by atoms with E-state index in [9.17, 15) is 0 Å². The van der Waals surface area contributed by atoms with Gasteiger partial charge in [0.15, 0.2) is 0 Å². The third kappa shape index (κ3) is 1.76. The fourth-order valence-corrected chi connectivity index (χ4v) is 1.23. The molecule has 0 aliphatic rings. The van der Waals surface area contributed by atoms with Crippen LogP contribution in [0.4, 0.5) is 0 Å². The molecule has 0 atom stereocenters. The molecule has 1 heterocycles. The Morgan fingerprint density at radius 2 is 1.50 bits per heavy atom. The Hall–Kier alpha value is -1.39. The molecule has 76 valence electrons. The van der Waals surface area contributed by atoms with Crippen LogP contribution in [0.5, 0.6) is 22.9 Å². The van der Waals surface area contributed by atoms with Gasteiger partial charge in [0.2, 0.25) is 0 Å². The Morgan fingerprint density at radius 1 is 0.857 bits per heavy atom. The van der Waals surface area contributed by atoms with Gasteiger partial charge < -0.3 is 0 Å². The van der Waals surface area contributed by atoms with Crippen LogP contribution in [-0.4, -0.2) is 35.3 Å². The molecule has 0 N–H and O–H groups in total. The summed E-state index contributed by atoms with van der Waals surface area (Å²) in [5.74, 6) is 3.45. The molecule has 0 aliphatic carbocycles. The SMILES string of the molecule is COc1bcc(OC)c(OC)c1OC. The van der Waals surface area contributed by atoms with E-state index in [2.05, 4.69) is 0 Å². The van der Waals surface area contributed by atoms with E-state index >= 15 is 0 Å². The zero-order chi connectivity index (χ0) is 10.6. The van der Waals surface area contributed by atoms with Gasteiger partial charge in [0.1, 0.15) is 0 Å². The van der Waals surface area contributed by atoms with E-state index in [1.165, 1.54) is 0 Å². The summed E-state index contributed by atoms with van der Waals surface area (Å²) in [6.07, 6.45) is 0. The number of methoxy groups -OCH3 is 4. The van der Waals surface area contributed by atoms with Gasteiger partial charge in [-0.1, -0.05) is 0 Å². The van der Waals surface area contributed by atoms with Crippen molar-refractivity contribution >= 4 is 6.91 Å². The second-order valence-corrected chi connectivity index (χ2v) is 2.54. The second kappa shape index (κ2) is 4.74. The Morgan fingerprint density at radius 3 is 1.93 bits per heavy atom. The van der Waals surface area contributed by atoms with Gasteiger partial charge in [-0.3, -0.25) is 0 Å².